The summed E-state index contributed by atoms with van der Waals surface area (Å²) in [5.41, 5.74) is 1.95. The molecule has 0 N–H and O–H groups in total. The van der Waals surface area contributed by atoms with E-state index in [0.29, 0.717) is 17.4 Å². The molecule has 0 aliphatic carbocycles. The van der Waals surface area contributed by atoms with Crippen LogP contribution in [0.5, 0.6) is 0 Å². The van der Waals surface area contributed by atoms with Gasteiger partial charge in [-0.25, -0.2) is 0 Å². The summed E-state index contributed by atoms with van der Waals surface area (Å²) in [6, 6.07) is 10.4. The van der Waals surface area contributed by atoms with Gasteiger partial charge in [0.25, 0.3) is 5.89 Å². The molecule has 2 aromatic heterocycles. The molecule has 20 heavy (non-hydrogen) atoms. The van der Waals surface area contributed by atoms with Crippen LogP contribution in [0.2, 0.25) is 0 Å². The van der Waals surface area contributed by atoms with Gasteiger partial charge in [0.05, 0.1) is 6.20 Å². The average molecular weight is 269 g/mol. The van der Waals surface area contributed by atoms with Crippen molar-refractivity contribution in [2.75, 3.05) is 0 Å². The highest BCUT2D eigenvalue weighted by Gasteiger charge is 2.10. The second-order valence-electron chi connectivity index (χ2n) is 4.60. The number of aryl methyl sites for hydroxylation is 3. The van der Waals surface area contributed by atoms with Crippen molar-refractivity contribution < 1.29 is 4.52 Å². The standard InChI is InChI=1S/C14H15N5O/c1-11-15-14(20-17-11)13-10-19(18-16-13)9-5-8-12-6-3-2-4-7-12/h2-4,6-7,10H,5,8-9H2,1H3. The van der Waals surface area contributed by atoms with Crippen molar-refractivity contribution in [1.29, 1.82) is 0 Å². The molecule has 0 aliphatic heterocycles. The Morgan fingerprint density at radius 1 is 1.20 bits per heavy atom. The minimum atomic E-state index is 0.414. The second kappa shape index (κ2) is 5.64. The van der Waals surface area contributed by atoms with Crippen molar-refractivity contribution in [3.8, 4) is 11.6 Å². The topological polar surface area (TPSA) is 69.6 Å². The highest BCUT2D eigenvalue weighted by Crippen LogP contribution is 2.13. The average Bonchev–Trinajstić information content (AvgIpc) is 3.09. The van der Waals surface area contributed by atoms with Gasteiger partial charge in [-0.1, -0.05) is 40.7 Å². The van der Waals surface area contributed by atoms with E-state index in [2.05, 4.69) is 44.7 Å². The van der Waals surface area contributed by atoms with Crippen LogP contribution in [0, 0.1) is 6.92 Å². The maximum Gasteiger partial charge on any atom is 0.280 e. The monoisotopic (exact) mass is 269 g/mol. The van der Waals surface area contributed by atoms with Gasteiger partial charge in [-0.2, -0.15) is 4.98 Å². The maximum absolute atomic E-state index is 5.06. The summed E-state index contributed by atoms with van der Waals surface area (Å²) in [5, 5.41) is 11.9. The fourth-order valence-electron chi connectivity index (χ4n) is 2.00. The quantitative estimate of drug-likeness (QED) is 0.710. The molecule has 0 spiro atoms. The molecule has 0 radical (unpaired) electrons. The van der Waals surface area contributed by atoms with E-state index in [9.17, 15) is 0 Å². The Labute approximate surface area is 116 Å². The van der Waals surface area contributed by atoms with Crippen molar-refractivity contribution in [3.63, 3.8) is 0 Å². The molecule has 3 aromatic rings. The first-order valence-electron chi connectivity index (χ1n) is 6.56. The first-order valence-corrected chi connectivity index (χ1v) is 6.56. The Balaban J connectivity index is 1.58. The fraction of sp³-hybridized carbons (Fsp3) is 0.286. The summed E-state index contributed by atoms with van der Waals surface area (Å²) in [7, 11) is 0. The highest BCUT2D eigenvalue weighted by molar-refractivity contribution is 5.43. The SMILES string of the molecule is Cc1noc(-c2cn(CCCc3ccccc3)nn2)n1. The Kier molecular flexibility index (Phi) is 3.54. The van der Waals surface area contributed by atoms with Gasteiger partial charge in [0.15, 0.2) is 11.5 Å². The first-order chi connectivity index (χ1) is 9.81. The number of rotatable bonds is 5. The maximum atomic E-state index is 5.06. The lowest BCUT2D eigenvalue weighted by molar-refractivity contribution is 0.424. The van der Waals surface area contributed by atoms with E-state index in [4.69, 9.17) is 4.52 Å². The molecule has 0 amide bonds. The van der Waals surface area contributed by atoms with Crippen molar-refractivity contribution >= 4 is 0 Å². The van der Waals surface area contributed by atoms with E-state index >= 15 is 0 Å². The molecule has 6 heteroatoms. The van der Waals surface area contributed by atoms with Gasteiger partial charge in [0.1, 0.15) is 0 Å². The van der Waals surface area contributed by atoms with Crippen molar-refractivity contribution in [2.45, 2.75) is 26.3 Å². The van der Waals surface area contributed by atoms with Crippen LogP contribution in [0.4, 0.5) is 0 Å². The number of aromatic nitrogens is 5. The van der Waals surface area contributed by atoms with Crippen LogP contribution in [0.1, 0.15) is 17.8 Å². The third-order valence-electron chi connectivity index (χ3n) is 2.98. The third-order valence-corrected chi connectivity index (χ3v) is 2.98. The van der Waals surface area contributed by atoms with Crippen LogP contribution in [0.25, 0.3) is 11.6 Å². The Hall–Kier alpha value is -2.50. The van der Waals surface area contributed by atoms with E-state index in [1.807, 2.05) is 12.3 Å². The van der Waals surface area contributed by atoms with Crippen LogP contribution in [-0.2, 0) is 13.0 Å². The number of hydrogen-bond acceptors (Lipinski definition) is 5. The first kappa shape index (κ1) is 12.5. The molecule has 2 heterocycles. The fourth-order valence-corrected chi connectivity index (χ4v) is 2.00. The van der Waals surface area contributed by atoms with Gasteiger partial charge in [0, 0.05) is 6.54 Å². The van der Waals surface area contributed by atoms with Crippen LogP contribution < -0.4 is 0 Å². The number of hydrogen-bond donors (Lipinski definition) is 0. The highest BCUT2D eigenvalue weighted by atomic mass is 16.5. The van der Waals surface area contributed by atoms with Gasteiger partial charge in [0.2, 0.25) is 0 Å². The van der Waals surface area contributed by atoms with E-state index in [1.165, 1.54) is 5.56 Å². The molecule has 1 aromatic carbocycles. The smallest absolute Gasteiger partial charge is 0.280 e. The molecule has 0 atom stereocenters. The van der Waals surface area contributed by atoms with Gasteiger partial charge in [-0.15, -0.1) is 5.10 Å². The summed E-state index contributed by atoms with van der Waals surface area (Å²) in [4.78, 5) is 4.13. The van der Waals surface area contributed by atoms with Crippen LogP contribution in [0.3, 0.4) is 0 Å². The van der Waals surface area contributed by atoms with E-state index in [1.54, 1.807) is 11.6 Å². The summed E-state index contributed by atoms with van der Waals surface area (Å²) >= 11 is 0. The summed E-state index contributed by atoms with van der Waals surface area (Å²) in [5.74, 6) is 1.01. The molecular weight excluding hydrogens is 254 g/mol. The zero-order valence-corrected chi connectivity index (χ0v) is 11.2. The van der Waals surface area contributed by atoms with Gasteiger partial charge in [-0.3, -0.25) is 4.68 Å². The molecule has 0 saturated heterocycles. The van der Waals surface area contributed by atoms with Gasteiger partial charge >= 0.3 is 0 Å². The number of nitrogens with zero attached hydrogens (tertiary/aromatic N) is 5. The molecule has 6 nitrogen and oxygen atoms in total. The summed E-state index contributed by atoms with van der Waals surface area (Å²) < 4.78 is 6.86. The van der Waals surface area contributed by atoms with Crippen LogP contribution >= 0.6 is 0 Å². The van der Waals surface area contributed by atoms with E-state index in [-0.39, 0.29) is 0 Å². The van der Waals surface area contributed by atoms with E-state index < -0.39 is 0 Å². The minimum absolute atomic E-state index is 0.414. The largest absolute Gasteiger partial charge is 0.332 e. The molecule has 0 aliphatic rings. The summed E-state index contributed by atoms with van der Waals surface area (Å²) in [6.45, 7) is 2.59. The van der Waals surface area contributed by atoms with Crippen LogP contribution in [-0.4, -0.2) is 25.1 Å². The lowest BCUT2D eigenvalue weighted by Gasteiger charge is -2.00. The second-order valence-corrected chi connectivity index (χ2v) is 4.60. The third kappa shape index (κ3) is 2.90. The molecule has 3 rings (SSSR count). The molecule has 0 unspecified atom stereocenters. The Morgan fingerprint density at radius 3 is 2.80 bits per heavy atom. The Morgan fingerprint density at radius 2 is 2.05 bits per heavy atom. The lowest BCUT2D eigenvalue weighted by Crippen LogP contribution is -2.00. The van der Waals surface area contributed by atoms with Gasteiger partial charge < -0.3 is 4.52 Å². The molecule has 0 saturated carbocycles. The van der Waals surface area contributed by atoms with Crippen LogP contribution in [0.15, 0.2) is 41.1 Å². The molecule has 0 fully saturated rings. The van der Waals surface area contributed by atoms with Crippen molar-refractivity contribution in [2.24, 2.45) is 0 Å². The molecule has 102 valence electrons. The molecular formula is C14H15N5O. The lowest BCUT2D eigenvalue weighted by atomic mass is 10.1. The zero-order chi connectivity index (χ0) is 13.8. The minimum Gasteiger partial charge on any atom is -0.332 e. The normalized spacial score (nSPS) is 10.8. The Bertz CT molecular complexity index is 674. The van der Waals surface area contributed by atoms with Gasteiger partial charge in [-0.05, 0) is 25.3 Å². The van der Waals surface area contributed by atoms with E-state index in [0.717, 1.165) is 19.4 Å². The summed E-state index contributed by atoms with van der Waals surface area (Å²) in [6.07, 6.45) is 3.86. The zero-order valence-electron chi connectivity index (χ0n) is 11.2. The van der Waals surface area contributed by atoms with Crippen molar-refractivity contribution in [3.05, 3.63) is 47.9 Å². The molecule has 0 bridgehead atoms. The number of benzene rings is 1. The predicted octanol–water partition coefficient (Wildman–Crippen LogP) is 2.27. The predicted molar refractivity (Wildman–Crippen MR) is 72.8 cm³/mol. The van der Waals surface area contributed by atoms with Crippen molar-refractivity contribution in [1.82, 2.24) is 25.1 Å².